The van der Waals surface area contributed by atoms with Crippen LogP contribution in [-0.2, 0) is 0 Å². The second-order valence-corrected chi connectivity index (χ2v) is 0. The molecule has 0 unspecified atom stereocenters. The van der Waals surface area contributed by atoms with Gasteiger partial charge in [-0.3, -0.25) is 0 Å². The van der Waals surface area contributed by atoms with E-state index in [1.54, 1.807) is 0 Å². The zero-order valence-corrected chi connectivity index (χ0v) is 17.7. The normalized spacial score (nSPS) is 0.333. The maximum Gasteiger partial charge on any atom is 0 e. The molecule has 0 aromatic heterocycles. The molecular weight excluding hydrogens is 404 g/mol. The third-order valence-electron chi connectivity index (χ3n) is 0. The van der Waals surface area contributed by atoms with Gasteiger partial charge in [-0.2, -0.15) is 0 Å². The van der Waals surface area contributed by atoms with Gasteiger partial charge in [0.25, 0.3) is 0 Å². The minimum Gasteiger partial charge on any atom is 0 e. The van der Waals surface area contributed by atoms with Crippen LogP contribution in [-0.4, -0.2) is 176 Å². The van der Waals surface area contributed by atoms with Crippen molar-refractivity contribution in [2.45, 2.75) is 0 Å². The second-order valence-electron chi connectivity index (χ2n) is 0. The molecule has 0 aliphatic rings. The summed E-state index contributed by atoms with van der Waals surface area (Å²) >= 11 is 3.00. The average molecular weight is 404 g/mol. The summed E-state index contributed by atoms with van der Waals surface area (Å²) in [6.45, 7) is 0. The molecule has 0 fully saturated rings. The fraction of sp³-hybridized carbons (Fsp3) is 0. The molecule has 0 aliphatic carbocycles. The summed E-state index contributed by atoms with van der Waals surface area (Å²) in [5, 5.41) is 0. The SMILES string of the molecule is [Ca].[Ca].[Ca][Ca].[Sb].[Sb]. The largest absolute Gasteiger partial charge is 0 e. The van der Waals surface area contributed by atoms with Gasteiger partial charge in [0.05, 0.1) is 0 Å². The maximum atomic E-state index is 1.50. The molecule has 0 atom stereocenters. The quantitative estimate of drug-likeness (QED) is 0.400. The monoisotopic (exact) mass is 402 g/mol. The average Bonchev–Trinajstić information content (AvgIpc) is 1.00. The van der Waals surface area contributed by atoms with E-state index in [0.717, 1.165) is 0 Å². The Kier molecular flexibility index (Phi) is 146. The number of hydrogen-bond acceptors (Lipinski definition) is 0. The van der Waals surface area contributed by atoms with E-state index in [2.05, 4.69) is 0 Å². The minimum atomic E-state index is 0. The van der Waals surface area contributed by atoms with Gasteiger partial charge in [0.15, 0.2) is 0 Å². The summed E-state index contributed by atoms with van der Waals surface area (Å²) in [6.07, 6.45) is 0. The van der Waals surface area contributed by atoms with Gasteiger partial charge in [0.1, 0.15) is 0 Å². The molecule has 0 amide bonds. The Morgan fingerprint density at radius 1 is 0.667 bits per heavy atom. The van der Waals surface area contributed by atoms with Gasteiger partial charge in [-0.05, 0) is 0 Å². The maximum absolute atomic E-state index is 1.50. The van der Waals surface area contributed by atoms with Crippen LogP contribution in [0.5, 0.6) is 0 Å². The van der Waals surface area contributed by atoms with E-state index in [1.165, 1.54) is 51.9 Å². The van der Waals surface area contributed by atoms with E-state index in [4.69, 9.17) is 0 Å². The van der Waals surface area contributed by atoms with Crippen LogP contribution in [0, 0.1) is 0 Å². The summed E-state index contributed by atoms with van der Waals surface area (Å²) in [7, 11) is 0. The summed E-state index contributed by atoms with van der Waals surface area (Å²) in [5.74, 6) is 0. The Morgan fingerprint density at radius 2 is 0.667 bits per heavy atom. The van der Waals surface area contributed by atoms with Gasteiger partial charge >= 0.3 is 51.9 Å². The van der Waals surface area contributed by atoms with Gasteiger partial charge in [0.2, 0.25) is 0 Å². The fourth-order valence-electron chi connectivity index (χ4n) is 0. The summed E-state index contributed by atoms with van der Waals surface area (Å²) in [6, 6.07) is 0. The van der Waals surface area contributed by atoms with E-state index in [9.17, 15) is 0 Å². The van der Waals surface area contributed by atoms with Crippen LogP contribution in [0.3, 0.4) is 0 Å². The Bertz CT molecular complexity index is 5.51. The van der Waals surface area contributed by atoms with Crippen LogP contribution in [0.25, 0.3) is 0 Å². The van der Waals surface area contributed by atoms with Gasteiger partial charge in [-0.15, -0.1) is 0 Å². The summed E-state index contributed by atoms with van der Waals surface area (Å²) < 4.78 is 0. The predicted octanol–water partition coefficient (Wildman–Crippen LogP) is -2.28. The third-order valence-corrected chi connectivity index (χ3v) is 0. The first-order valence-electron chi connectivity index (χ1n) is 0.500. The van der Waals surface area contributed by atoms with Crippen LogP contribution in [0.15, 0.2) is 0 Å². The third kappa shape index (κ3) is 22.4. The number of rotatable bonds is 0. The molecule has 6 heavy (non-hydrogen) atoms. The van der Waals surface area contributed by atoms with Crippen LogP contribution in [0.2, 0.25) is 0 Å². The van der Waals surface area contributed by atoms with Crippen molar-refractivity contribution in [1.29, 1.82) is 0 Å². The van der Waals surface area contributed by atoms with Crippen molar-refractivity contribution in [3.63, 3.8) is 0 Å². The Morgan fingerprint density at radius 3 is 0.667 bits per heavy atom. The Labute approximate surface area is 169 Å². The molecule has 0 heterocycles. The molecule has 0 aromatic carbocycles. The zero-order chi connectivity index (χ0) is 2.00. The molecule has 0 aliphatic heterocycles. The molecule has 0 bridgehead atoms. The molecular formula is Ca4Sb2. The van der Waals surface area contributed by atoms with Crippen molar-refractivity contribution in [2.24, 2.45) is 0 Å². The molecule has 0 aromatic rings. The van der Waals surface area contributed by atoms with E-state index >= 15 is 0 Å². The van der Waals surface area contributed by atoms with Crippen molar-refractivity contribution < 1.29 is 0 Å². The van der Waals surface area contributed by atoms with Gasteiger partial charge < -0.3 is 0 Å². The van der Waals surface area contributed by atoms with Gasteiger partial charge in [-0.1, -0.05) is 0 Å². The molecule has 0 rings (SSSR count). The van der Waals surface area contributed by atoms with Crippen LogP contribution >= 0.6 is 0 Å². The van der Waals surface area contributed by atoms with E-state index < -0.39 is 0 Å². The molecule has 12 radical (unpaired) electrons. The van der Waals surface area contributed by atoms with Crippen molar-refractivity contribution in [2.75, 3.05) is 0 Å². The molecule has 0 spiro atoms. The minimum absolute atomic E-state index is 0. The van der Waals surface area contributed by atoms with Gasteiger partial charge in [0, 0.05) is 124 Å². The Hall–Kier alpha value is 6.68. The van der Waals surface area contributed by atoms with E-state index in [1.807, 2.05) is 0 Å². The fourth-order valence-corrected chi connectivity index (χ4v) is 0. The first-order chi connectivity index (χ1) is 1.00. The van der Waals surface area contributed by atoms with Gasteiger partial charge in [-0.25, -0.2) is 0 Å². The van der Waals surface area contributed by atoms with Crippen molar-refractivity contribution in [3.8, 4) is 0 Å². The molecule has 0 nitrogen and oxygen atoms in total. The van der Waals surface area contributed by atoms with Crippen molar-refractivity contribution >= 4 is 176 Å². The summed E-state index contributed by atoms with van der Waals surface area (Å²) in [4.78, 5) is 0. The van der Waals surface area contributed by atoms with Crippen molar-refractivity contribution in [1.82, 2.24) is 0 Å². The first-order valence-corrected chi connectivity index (χ1v) is 8.50. The molecule has 0 saturated heterocycles. The van der Waals surface area contributed by atoms with Crippen LogP contribution in [0.4, 0.5) is 0 Å². The molecule has 6 heteroatoms. The van der Waals surface area contributed by atoms with Crippen LogP contribution < -0.4 is 0 Å². The van der Waals surface area contributed by atoms with Crippen LogP contribution in [0.1, 0.15) is 0 Å². The number of hydrogen-bond donors (Lipinski definition) is 0. The van der Waals surface area contributed by atoms with Crippen molar-refractivity contribution in [3.05, 3.63) is 0 Å². The standard InChI is InChI=1S/4Ca.2Sb. The molecule has 0 N–H and O–H groups in total. The van der Waals surface area contributed by atoms with E-state index in [-0.39, 0.29) is 124 Å². The molecule has 0 saturated carbocycles. The second kappa shape index (κ2) is 29.9. The molecule has 18 valence electrons. The van der Waals surface area contributed by atoms with E-state index in [0.29, 0.717) is 0 Å². The smallest absolute Gasteiger partial charge is 0 e. The Balaban J connectivity index is -0.000000000833. The predicted molar refractivity (Wildman–Crippen MR) is 34.5 cm³/mol. The first kappa shape index (κ1) is 29.3. The topological polar surface area (TPSA) is 0 Å². The zero-order valence-electron chi connectivity index (χ0n) is 3.72. The summed E-state index contributed by atoms with van der Waals surface area (Å²) in [5.41, 5.74) is 0.